The fraction of sp³-hybridized carbons (Fsp3) is 0.778. The third-order valence-corrected chi connectivity index (χ3v) is 4.55. The molecule has 0 aromatic rings. The zero-order valence-electron chi connectivity index (χ0n) is 16.0. The van der Waals surface area contributed by atoms with Crippen LogP contribution in [0.25, 0.3) is 0 Å². The highest BCUT2D eigenvalue weighted by atomic mass is 16.8. The highest BCUT2D eigenvalue weighted by molar-refractivity contribution is 5.71. The molecule has 2 aliphatic heterocycles. The van der Waals surface area contributed by atoms with Crippen LogP contribution in [0.1, 0.15) is 54.9 Å². The van der Waals surface area contributed by atoms with Gasteiger partial charge in [0.05, 0.1) is 17.9 Å². The largest absolute Gasteiger partial charge is 0.514 e. The average Bonchev–Trinajstić information content (AvgIpc) is 2.82. The third-order valence-electron chi connectivity index (χ3n) is 4.55. The van der Waals surface area contributed by atoms with Crippen molar-refractivity contribution in [1.82, 2.24) is 4.90 Å². The molecule has 4 atom stereocenters. The van der Waals surface area contributed by atoms with Gasteiger partial charge in [-0.05, 0) is 48.0 Å². The molecule has 140 valence electrons. The lowest BCUT2D eigenvalue weighted by Gasteiger charge is -2.36. The van der Waals surface area contributed by atoms with Gasteiger partial charge >= 0.3 is 6.09 Å². The van der Waals surface area contributed by atoms with Crippen LogP contribution in [0.3, 0.4) is 0 Å². The van der Waals surface area contributed by atoms with Crippen LogP contribution in [0.5, 0.6) is 0 Å². The Morgan fingerprint density at radius 2 is 2.00 bits per heavy atom. The summed E-state index contributed by atoms with van der Waals surface area (Å²) in [6.45, 7) is 12.7. The number of ether oxygens (including phenoxy) is 3. The maximum atomic E-state index is 12.9. The van der Waals surface area contributed by atoms with Gasteiger partial charge < -0.3 is 19.3 Å². The van der Waals surface area contributed by atoms with E-state index in [-0.39, 0.29) is 11.6 Å². The Balaban J connectivity index is 2.54. The van der Waals surface area contributed by atoms with E-state index in [1.54, 1.807) is 34.6 Å². The predicted molar refractivity (Wildman–Crippen MR) is 90.7 cm³/mol. The van der Waals surface area contributed by atoms with E-state index >= 15 is 0 Å². The van der Waals surface area contributed by atoms with Gasteiger partial charge in [-0.25, -0.2) is 4.79 Å². The molecule has 0 spiro atoms. The van der Waals surface area contributed by atoms with Crippen LogP contribution in [-0.2, 0) is 14.2 Å². The van der Waals surface area contributed by atoms with Crippen LogP contribution in [0.4, 0.5) is 4.79 Å². The average molecular weight is 352 g/mol. The molecule has 1 N–H and O–H groups in total. The van der Waals surface area contributed by atoms with Gasteiger partial charge in [-0.15, -0.1) is 0 Å². The molecule has 2 fully saturated rings. The van der Waals surface area contributed by atoms with E-state index in [9.17, 15) is 15.2 Å². The van der Waals surface area contributed by atoms with Crippen molar-refractivity contribution < 1.29 is 24.1 Å². The van der Waals surface area contributed by atoms with Crippen molar-refractivity contribution in [2.45, 2.75) is 90.1 Å². The maximum Gasteiger partial charge on any atom is 0.411 e. The topological polar surface area (TPSA) is 92.0 Å². The number of aliphatic hydroxyl groups excluding tert-OH is 1. The third kappa shape index (κ3) is 3.33. The first-order valence-electron chi connectivity index (χ1n) is 8.54. The Labute approximate surface area is 149 Å². The number of rotatable bonds is 2. The van der Waals surface area contributed by atoms with E-state index in [0.29, 0.717) is 6.42 Å². The van der Waals surface area contributed by atoms with E-state index in [0.717, 1.165) is 6.26 Å². The molecule has 0 saturated carbocycles. The quantitative estimate of drug-likeness (QED) is 0.606. The number of carbonyl (C=O) groups excluding carboxylic acids is 1. The summed E-state index contributed by atoms with van der Waals surface area (Å²) in [5.41, 5.74) is -1.61. The van der Waals surface area contributed by atoms with E-state index in [1.807, 2.05) is 19.9 Å². The molecule has 2 saturated heterocycles. The minimum Gasteiger partial charge on any atom is -0.514 e. The SMILES string of the molecule is CC[C@@H]1[C@H]2OC(C)(C)O[C@@]2(C)[C@H](/C(C#N)=C/O)N1C(=O)OC(C)(C)C. The Morgan fingerprint density at radius 3 is 2.44 bits per heavy atom. The standard InChI is InChI=1S/C18H28N2O5/c1-8-12-14-18(7,25-17(5,6)23-14)13(11(9-19)10-21)20(12)15(22)24-16(2,3)4/h10,12-14,21H,8H2,1-7H3/b11-10+/t12-,13+,14-,18+/m1/s1. The minimum absolute atomic E-state index is 0.0376. The van der Waals surface area contributed by atoms with Crippen LogP contribution in [0.2, 0.25) is 0 Å². The first kappa shape index (κ1) is 19.5. The highest BCUT2D eigenvalue weighted by Gasteiger charge is 2.67. The van der Waals surface area contributed by atoms with Crippen LogP contribution >= 0.6 is 0 Å². The van der Waals surface area contributed by atoms with Gasteiger partial charge in [0.1, 0.15) is 29.4 Å². The predicted octanol–water partition coefficient (Wildman–Crippen LogP) is 3.26. The molecule has 7 heteroatoms. The van der Waals surface area contributed by atoms with Crippen molar-refractivity contribution >= 4 is 6.09 Å². The second kappa shape index (κ2) is 6.19. The van der Waals surface area contributed by atoms with Gasteiger partial charge in [0, 0.05) is 0 Å². The molecular formula is C18H28N2O5. The van der Waals surface area contributed by atoms with Crippen molar-refractivity contribution in [3.05, 3.63) is 11.8 Å². The molecule has 0 aliphatic carbocycles. The van der Waals surface area contributed by atoms with Crippen LogP contribution in [0, 0.1) is 11.3 Å². The van der Waals surface area contributed by atoms with Crippen molar-refractivity contribution in [3.63, 3.8) is 0 Å². The number of carbonyl (C=O) groups is 1. The molecule has 2 aliphatic rings. The molecule has 7 nitrogen and oxygen atoms in total. The Hall–Kier alpha value is -1.78. The number of hydrogen-bond acceptors (Lipinski definition) is 6. The van der Waals surface area contributed by atoms with E-state index in [2.05, 4.69) is 0 Å². The zero-order chi connectivity index (χ0) is 19.2. The van der Waals surface area contributed by atoms with Gasteiger partial charge in [-0.1, -0.05) is 6.92 Å². The first-order chi connectivity index (χ1) is 11.4. The van der Waals surface area contributed by atoms with E-state index < -0.39 is 35.2 Å². The second-order valence-corrected chi connectivity index (χ2v) is 8.19. The summed E-state index contributed by atoms with van der Waals surface area (Å²) >= 11 is 0. The van der Waals surface area contributed by atoms with Crippen molar-refractivity contribution in [3.8, 4) is 6.07 Å². The zero-order valence-corrected chi connectivity index (χ0v) is 16.0. The molecular weight excluding hydrogens is 324 g/mol. The summed E-state index contributed by atoms with van der Waals surface area (Å²) in [4.78, 5) is 14.4. The molecule has 0 aromatic heterocycles. The molecule has 2 rings (SSSR count). The van der Waals surface area contributed by atoms with Gasteiger partial charge in [0.2, 0.25) is 0 Å². The minimum atomic E-state index is -0.967. The van der Waals surface area contributed by atoms with Crippen molar-refractivity contribution in [1.29, 1.82) is 5.26 Å². The Morgan fingerprint density at radius 1 is 1.40 bits per heavy atom. The lowest BCUT2D eigenvalue weighted by Crippen LogP contribution is -2.51. The molecule has 25 heavy (non-hydrogen) atoms. The summed E-state index contributed by atoms with van der Waals surface area (Å²) in [5.74, 6) is -0.846. The van der Waals surface area contributed by atoms with Gasteiger partial charge in [-0.2, -0.15) is 5.26 Å². The lowest BCUT2D eigenvalue weighted by atomic mass is 9.88. The van der Waals surface area contributed by atoms with Crippen LogP contribution in [0.15, 0.2) is 11.8 Å². The summed E-state index contributed by atoms with van der Waals surface area (Å²) in [5, 5.41) is 19.1. The number of nitriles is 1. The number of fused-ring (bicyclic) bond motifs is 1. The summed E-state index contributed by atoms with van der Waals surface area (Å²) in [6, 6.07) is 0.842. The summed E-state index contributed by atoms with van der Waals surface area (Å²) in [6.07, 6.45) is 0.337. The van der Waals surface area contributed by atoms with E-state index in [4.69, 9.17) is 14.2 Å². The molecule has 0 bridgehead atoms. The summed E-state index contributed by atoms with van der Waals surface area (Å²) in [7, 11) is 0. The fourth-order valence-corrected chi connectivity index (χ4v) is 3.91. The summed E-state index contributed by atoms with van der Waals surface area (Å²) < 4.78 is 17.7. The van der Waals surface area contributed by atoms with Crippen molar-refractivity contribution in [2.75, 3.05) is 0 Å². The number of amides is 1. The number of nitrogens with zero attached hydrogens (tertiary/aromatic N) is 2. The molecule has 2 heterocycles. The lowest BCUT2D eigenvalue weighted by molar-refractivity contribution is -0.179. The Kier molecular flexibility index (Phi) is 4.84. The number of aliphatic hydroxyl groups is 1. The second-order valence-electron chi connectivity index (χ2n) is 8.19. The smallest absolute Gasteiger partial charge is 0.411 e. The van der Waals surface area contributed by atoms with Gasteiger partial charge in [0.25, 0.3) is 0 Å². The Bertz CT molecular complexity index is 616. The monoisotopic (exact) mass is 352 g/mol. The maximum absolute atomic E-state index is 12.9. The van der Waals surface area contributed by atoms with Crippen LogP contribution in [-0.4, -0.2) is 51.3 Å². The van der Waals surface area contributed by atoms with Gasteiger partial charge in [0.15, 0.2) is 5.79 Å². The highest BCUT2D eigenvalue weighted by Crippen LogP contribution is 2.50. The van der Waals surface area contributed by atoms with Crippen LogP contribution < -0.4 is 0 Å². The van der Waals surface area contributed by atoms with E-state index in [1.165, 1.54) is 4.90 Å². The molecule has 0 aromatic carbocycles. The first-order valence-corrected chi connectivity index (χ1v) is 8.54. The normalized spacial score (nSPS) is 34.6. The molecule has 0 unspecified atom stereocenters. The molecule has 0 radical (unpaired) electrons. The number of hydrogen-bond donors (Lipinski definition) is 1. The fourth-order valence-electron chi connectivity index (χ4n) is 3.91. The van der Waals surface area contributed by atoms with Crippen molar-refractivity contribution in [2.24, 2.45) is 0 Å². The molecule has 1 amide bonds. The van der Waals surface area contributed by atoms with Gasteiger partial charge in [-0.3, -0.25) is 4.90 Å². The number of likely N-dealkylation sites (tertiary alicyclic amines) is 1.